The second-order valence-corrected chi connectivity index (χ2v) is 6.75. The number of nitrogens with one attached hydrogen (secondary N) is 2. The number of para-hydroxylation sites is 1. The van der Waals surface area contributed by atoms with Gasteiger partial charge in [0.2, 0.25) is 0 Å². The lowest BCUT2D eigenvalue weighted by Crippen LogP contribution is -2.20. The van der Waals surface area contributed by atoms with E-state index in [2.05, 4.69) is 20.3 Å². The number of aromatic amines is 1. The van der Waals surface area contributed by atoms with E-state index < -0.39 is 4.92 Å². The van der Waals surface area contributed by atoms with E-state index in [1.54, 1.807) is 30.3 Å². The molecule has 0 unspecified atom stereocenters. The predicted molar refractivity (Wildman–Crippen MR) is 104 cm³/mol. The molecule has 0 aliphatic rings. The van der Waals surface area contributed by atoms with Crippen LogP contribution in [0.4, 0.5) is 10.8 Å². The van der Waals surface area contributed by atoms with Gasteiger partial charge in [-0.05, 0) is 18.2 Å². The van der Waals surface area contributed by atoms with E-state index in [9.17, 15) is 14.9 Å². The van der Waals surface area contributed by atoms with E-state index >= 15 is 0 Å². The number of rotatable bonds is 3. The molecule has 2 N–H and O–H groups in total. The monoisotopic (exact) mass is 383 g/mol. The van der Waals surface area contributed by atoms with Crippen molar-refractivity contribution < 1.29 is 4.92 Å². The molecule has 0 radical (unpaired) electrons. The second-order valence-electron chi connectivity index (χ2n) is 5.31. The van der Waals surface area contributed by atoms with Crippen molar-refractivity contribution in [3.63, 3.8) is 0 Å². The van der Waals surface area contributed by atoms with Crippen LogP contribution in [0, 0.1) is 10.1 Å². The van der Waals surface area contributed by atoms with Gasteiger partial charge in [-0.3, -0.25) is 14.9 Å². The number of fused-ring (bicyclic) bond motifs is 2. The number of thiocarbonyl (C=S) groups is 1. The summed E-state index contributed by atoms with van der Waals surface area (Å²) in [4.78, 5) is 34.1. The van der Waals surface area contributed by atoms with Gasteiger partial charge < -0.3 is 10.3 Å². The van der Waals surface area contributed by atoms with Gasteiger partial charge in [0, 0.05) is 12.1 Å². The predicted octanol–water partition coefficient (Wildman–Crippen LogP) is 3.23. The molecule has 26 heavy (non-hydrogen) atoms. The van der Waals surface area contributed by atoms with Crippen LogP contribution in [0.1, 0.15) is 5.82 Å². The summed E-state index contributed by atoms with van der Waals surface area (Å²) in [6.45, 7) is 0. The number of anilines is 1. The molecule has 128 valence electrons. The molecule has 0 aliphatic carbocycles. The first-order valence-electron chi connectivity index (χ1n) is 7.37. The molecule has 2 aromatic carbocycles. The highest BCUT2D eigenvalue weighted by molar-refractivity contribution is 7.81. The van der Waals surface area contributed by atoms with Gasteiger partial charge in [-0.1, -0.05) is 35.7 Å². The standard InChI is InChI=1S/C16H9N5O3S2/c22-14-9-3-1-2-4-10(9)17-13(19-14)15(25)20-16-18-11-6-5-8(21(23)24)7-12(11)26-16/h1-7H,(H,17,19,22)(H,18,20,25). The molecule has 2 aromatic heterocycles. The Balaban J connectivity index is 1.67. The number of hydrogen-bond acceptors (Lipinski definition) is 7. The second kappa shape index (κ2) is 6.24. The van der Waals surface area contributed by atoms with E-state index in [0.717, 1.165) is 0 Å². The molecule has 0 atom stereocenters. The number of benzene rings is 2. The molecule has 0 fully saturated rings. The van der Waals surface area contributed by atoms with E-state index in [-0.39, 0.29) is 22.1 Å². The van der Waals surface area contributed by atoms with Crippen molar-refractivity contribution in [2.24, 2.45) is 0 Å². The Kier molecular flexibility index (Phi) is 3.90. The summed E-state index contributed by atoms with van der Waals surface area (Å²) in [7, 11) is 0. The summed E-state index contributed by atoms with van der Waals surface area (Å²) < 4.78 is 0.657. The van der Waals surface area contributed by atoms with Gasteiger partial charge in [0.25, 0.3) is 11.2 Å². The minimum Gasteiger partial charge on any atom is -0.319 e. The Hall–Kier alpha value is -3.24. The Bertz CT molecular complexity index is 1250. The zero-order valence-corrected chi connectivity index (χ0v) is 14.6. The van der Waals surface area contributed by atoms with Gasteiger partial charge in [-0.25, -0.2) is 9.97 Å². The first-order chi connectivity index (χ1) is 12.5. The molecular weight excluding hydrogens is 374 g/mol. The number of aromatic nitrogens is 3. The van der Waals surface area contributed by atoms with Crippen LogP contribution in [0.5, 0.6) is 0 Å². The van der Waals surface area contributed by atoms with Gasteiger partial charge >= 0.3 is 0 Å². The van der Waals surface area contributed by atoms with Gasteiger partial charge in [-0.15, -0.1) is 0 Å². The van der Waals surface area contributed by atoms with Crippen LogP contribution in [0.25, 0.3) is 21.1 Å². The summed E-state index contributed by atoms with van der Waals surface area (Å²) in [5.41, 5.74) is 0.867. The Morgan fingerprint density at radius 1 is 1.19 bits per heavy atom. The lowest BCUT2D eigenvalue weighted by molar-refractivity contribution is -0.384. The van der Waals surface area contributed by atoms with Gasteiger partial charge in [0.05, 0.1) is 26.0 Å². The zero-order chi connectivity index (χ0) is 18.3. The number of non-ortho nitro benzene ring substituents is 1. The van der Waals surface area contributed by atoms with Crippen LogP contribution in [0.15, 0.2) is 47.3 Å². The van der Waals surface area contributed by atoms with E-state index in [1.165, 1.54) is 23.5 Å². The number of hydrogen-bond donors (Lipinski definition) is 2. The van der Waals surface area contributed by atoms with E-state index in [4.69, 9.17) is 12.2 Å². The van der Waals surface area contributed by atoms with Crippen molar-refractivity contribution in [3.8, 4) is 0 Å². The average Bonchev–Trinajstić information content (AvgIpc) is 3.02. The number of nitro benzene ring substituents is 1. The van der Waals surface area contributed by atoms with Crippen molar-refractivity contribution in [2.75, 3.05) is 5.32 Å². The normalized spacial score (nSPS) is 10.9. The highest BCUT2D eigenvalue weighted by Gasteiger charge is 2.13. The van der Waals surface area contributed by atoms with Crippen LogP contribution in [0.2, 0.25) is 0 Å². The molecule has 0 saturated carbocycles. The largest absolute Gasteiger partial charge is 0.319 e. The first-order valence-corrected chi connectivity index (χ1v) is 8.59. The molecule has 10 heteroatoms. The fourth-order valence-electron chi connectivity index (χ4n) is 2.43. The molecule has 4 rings (SSSR count). The molecule has 4 aromatic rings. The molecule has 2 heterocycles. The highest BCUT2D eigenvalue weighted by Crippen LogP contribution is 2.29. The van der Waals surface area contributed by atoms with Gasteiger partial charge in [0.1, 0.15) is 4.99 Å². The fraction of sp³-hybridized carbons (Fsp3) is 0. The van der Waals surface area contributed by atoms with Crippen LogP contribution in [0.3, 0.4) is 0 Å². The number of H-pyrrole nitrogens is 1. The van der Waals surface area contributed by atoms with E-state index in [0.29, 0.717) is 26.3 Å². The summed E-state index contributed by atoms with van der Waals surface area (Å²) in [6.07, 6.45) is 0. The Morgan fingerprint density at radius 2 is 2.00 bits per heavy atom. The van der Waals surface area contributed by atoms with Crippen molar-refractivity contribution in [1.82, 2.24) is 15.0 Å². The van der Waals surface area contributed by atoms with Crippen LogP contribution in [-0.2, 0) is 0 Å². The van der Waals surface area contributed by atoms with Crippen LogP contribution >= 0.6 is 23.6 Å². The van der Waals surface area contributed by atoms with Gasteiger partial charge in [0.15, 0.2) is 11.0 Å². The lowest BCUT2D eigenvalue weighted by atomic mass is 10.2. The summed E-state index contributed by atoms with van der Waals surface area (Å²) in [5.74, 6) is 0.230. The van der Waals surface area contributed by atoms with Crippen molar-refractivity contribution in [2.45, 2.75) is 0 Å². The van der Waals surface area contributed by atoms with Crippen LogP contribution < -0.4 is 10.9 Å². The number of nitro groups is 1. The molecular formula is C16H9N5O3S2. The molecule has 0 bridgehead atoms. The van der Waals surface area contributed by atoms with Crippen molar-refractivity contribution in [3.05, 3.63) is 68.8 Å². The smallest absolute Gasteiger partial charge is 0.270 e. The molecule has 0 saturated heterocycles. The third-order valence-corrected chi connectivity index (χ3v) is 4.86. The van der Waals surface area contributed by atoms with E-state index in [1.807, 2.05) is 0 Å². The molecule has 0 spiro atoms. The SMILES string of the molecule is O=c1[nH]c(C(=S)Nc2nc3ccc([N+](=O)[O-])cc3s2)nc2ccccc12. The topological polar surface area (TPSA) is 114 Å². The summed E-state index contributed by atoms with van der Waals surface area (Å²) >= 11 is 6.54. The van der Waals surface area contributed by atoms with Gasteiger partial charge in [-0.2, -0.15) is 0 Å². The average molecular weight is 383 g/mol. The molecule has 8 nitrogen and oxygen atoms in total. The van der Waals surface area contributed by atoms with Crippen molar-refractivity contribution >= 4 is 60.5 Å². The maximum atomic E-state index is 12.1. The highest BCUT2D eigenvalue weighted by atomic mass is 32.1. The number of nitrogens with zero attached hydrogens (tertiary/aromatic N) is 3. The fourth-order valence-corrected chi connectivity index (χ4v) is 3.59. The summed E-state index contributed by atoms with van der Waals surface area (Å²) in [5, 5.41) is 14.7. The zero-order valence-electron chi connectivity index (χ0n) is 12.9. The quantitative estimate of drug-likeness (QED) is 0.317. The molecule has 0 amide bonds. The van der Waals surface area contributed by atoms with Crippen LogP contribution in [-0.4, -0.2) is 24.9 Å². The minimum atomic E-state index is -0.458. The molecule has 0 aliphatic heterocycles. The first kappa shape index (κ1) is 16.2. The third kappa shape index (κ3) is 2.91. The lowest BCUT2D eigenvalue weighted by Gasteiger charge is -2.05. The Labute approximate surface area is 154 Å². The maximum Gasteiger partial charge on any atom is 0.270 e. The minimum absolute atomic E-state index is 0.00389. The third-order valence-electron chi connectivity index (χ3n) is 3.63. The van der Waals surface area contributed by atoms with Crippen molar-refractivity contribution in [1.29, 1.82) is 0 Å². The maximum absolute atomic E-state index is 12.1. The Morgan fingerprint density at radius 3 is 2.81 bits per heavy atom. The summed E-state index contributed by atoms with van der Waals surface area (Å²) in [6, 6.07) is 11.4. The number of thiazole rings is 1.